The Labute approximate surface area is 158 Å². The Balaban J connectivity index is 1.68. The van der Waals surface area contributed by atoms with Gasteiger partial charge in [-0.2, -0.15) is 0 Å². The van der Waals surface area contributed by atoms with Crippen LogP contribution in [0, 0.1) is 5.92 Å². The van der Waals surface area contributed by atoms with Crippen molar-refractivity contribution < 1.29 is 19.1 Å². The van der Waals surface area contributed by atoms with E-state index in [9.17, 15) is 14.4 Å². The summed E-state index contributed by atoms with van der Waals surface area (Å²) in [6, 6.07) is 16.4. The number of hydrogen-bond acceptors (Lipinski definition) is 4. The molecule has 0 saturated carbocycles. The fraction of sp³-hybridized carbons (Fsp3) is 0.286. The van der Waals surface area contributed by atoms with Gasteiger partial charge in [-0.1, -0.05) is 56.3 Å². The predicted octanol–water partition coefficient (Wildman–Crippen LogP) is 3.21. The van der Waals surface area contributed by atoms with Crippen LogP contribution < -0.4 is 4.74 Å². The average Bonchev–Trinajstić information content (AvgIpc) is 2.85. The number of carbonyl (C=O) groups is 3. The summed E-state index contributed by atoms with van der Waals surface area (Å²) in [5.41, 5.74) is 1.77. The SMILES string of the molecule is CC(C)CN1C(=O)C(=O)N(Cc2cccc(OCc3ccccc3)c2)C1=O. The van der Waals surface area contributed by atoms with Crippen molar-refractivity contribution >= 4 is 17.8 Å². The summed E-state index contributed by atoms with van der Waals surface area (Å²) in [6.07, 6.45) is 0. The number of benzene rings is 2. The second-order valence-electron chi connectivity index (χ2n) is 6.91. The van der Waals surface area contributed by atoms with Crippen molar-refractivity contribution in [3.8, 4) is 5.75 Å². The van der Waals surface area contributed by atoms with E-state index in [0.29, 0.717) is 12.4 Å². The third kappa shape index (κ3) is 4.34. The van der Waals surface area contributed by atoms with Gasteiger partial charge in [-0.05, 0) is 29.2 Å². The predicted molar refractivity (Wildman–Crippen MR) is 99.7 cm³/mol. The minimum absolute atomic E-state index is 0.0422. The Morgan fingerprint density at radius 2 is 1.52 bits per heavy atom. The molecule has 2 aromatic carbocycles. The summed E-state index contributed by atoms with van der Waals surface area (Å²) in [4.78, 5) is 38.7. The molecule has 0 aromatic heterocycles. The Bertz CT molecular complexity index is 848. The lowest BCUT2D eigenvalue weighted by molar-refractivity contribution is -0.143. The molecule has 140 valence electrons. The maximum absolute atomic E-state index is 12.4. The Hall–Kier alpha value is -3.15. The molecule has 0 spiro atoms. The van der Waals surface area contributed by atoms with E-state index in [-0.39, 0.29) is 19.0 Å². The Kier molecular flexibility index (Phi) is 5.54. The smallest absolute Gasteiger partial charge is 0.334 e. The van der Waals surface area contributed by atoms with Gasteiger partial charge in [-0.25, -0.2) is 4.79 Å². The molecule has 1 aliphatic heterocycles. The lowest BCUT2D eigenvalue weighted by Gasteiger charge is -2.17. The first-order valence-corrected chi connectivity index (χ1v) is 8.88. The molecule has 3 rings (SSSR count). The average molecular weight is 366 g/mol. The van der Waals surface area contributed by atoms with E-state index in [0.717, 1.165) is 20.9 Å². The molecule has 0 atom stereocenters. The van der Waals surface area contributed by atoms with E-state index < -0.39 is 17.8 Å². The summed E-state index contributed by atoms with van der Waals surface area (Å²) in [6.45, 7) is 4.48. The number of amides is 4. The molecule has 0 bridgehead atoms. The van der Waals surface area contributed by atoms with Gasteiger partial charge in [-0.3, -0.25) is 19.4 Å². The maximum atomic E-state index is 12.4. The second-order valence-corrected chi connectivity index (χ2v) is 6.91. The highest BCUT2D eigenvalue weighted by Gasteiger charge is 2.44. The van der Waals surface area contributed by atoms with Crippen molar-refractivity contribution in [1.82, 2.24) is 9.80 Å². The zero-order valence-corrected chi connectivity index (χ0v) is 15.4. The van der Waals surface area contributed by atoms with Gasteiger partial charge in [0.05, 0.1) is 6.54 Å². The standard InChI is InChI=1S/C21H22N2O4/c1-15(2)12-22-19(24)20(25)23(21(22)26)13-17-9-6-10-18(11-17)27-14-16-7-4-3-5-8-16/h3-11,15H,12-14H2,1-2H3. The molecular formula is C21H22N2O4. The topological polar surface area (TPSA) is 66.9 Å². The monoisotopic (exact) mass is 366 g/mol. The molecule has 27 heavy (non-hydrogen) atoms. The first-order valence-electron chi connectivity index (χ1n) is 8.88. The largest absolute Gasteiger partial charge is 0.489 e. The van der Waals surface area contributed by atoms with Crippen LogP contribution in [0.4, 0.5) is 4.79 Å². The minimum Gasteiger partial charge on any atom is -0.489 e. The van der Waals surface area contributed by atoms with Crippen LogP contribution >= 0.6 is 0 Å². The van der Waals surface area contributed by atoms with Crippen LogP contribution in [-0.4, -0.2) is 34.2 Å². The van der Waals surface area contributed by atoms with Crippen LogP contribution in [0.5, 0.6) is 5.75 Å². The second kappa shape index (κ2) is 8.03. The van der Waals surface area contributed by atoms with Gasteiger partial charge in [0.1, 0.15) is 12.4 Å². The number of imide groups is 2. The van der Waals surface area contributed by atoms with E-state index in [1.807, 2.05) is 50.2 Å². The van der Waals surface area contributed by atoms with E-state index >= 15 is 0 Å². The zero-order valence-electron chi connectivity index (χ0n) is 15.4. The minimum atomic E-state index is -0.781. The van der Waals surface area contributed by atoms with Gasteiger partial charge < -0.3 is 4.74 Å². The van der Waals surface area contributed by atoms with Crippen LogP contribution in [0.25, 0.3) is 0 Å². The van der Waals surface area contributed by atoms with Gasteiger partial charge in [0.2, 0.25) is 0 Å². The maximum Gasteiger partial charge on any atom is 0.334 e. The van der Waals surface area contributed by atoms with Crippen LogP contribution in [-0.2, 0) is 22.7 Å². The van der Waals surface area contributed by atoms with Gasteiger partial charge in [0.25, 0.3) is 0 Å². The highest BCUT2D eigenvalue weighted by molar-refractivity contribution is 6.44. The van der Waals surface area contributed by atoms with Crippen LogP contribution in [0.2, 0.25) is 0 Å². The molecule has 6 heteroatoms. The summed E-state index contributed by atoms with van der Waals surface area (Å²) < 4.78 is 5.78. The lowest BCUT2D eigenvalue weighted by atomic mass is 10.2. The van der Waals surface area contributed by atoms with Gasteiger partial charge >= 0.3 is 17.8 Å². The van der Waals surface area contributed by atoms with Gasteiger partial charge in [-0.15, -0.1) is 0 Å². The molecule has 0 unspecified atom stereocenters. The molecule has 1 saturated heterocycles. The first kappa shape index (κ1) is 18.6. The molecule has 1 heterocycles. The van der Waals surface area contributed by atoms with Crippen LogP contribution in [0.3, 0.4) is 0 Å². The van der Waals surface area contributed by atoms with E-state index in [1.165, 1.54) is 0 Å². The van der Waals surface area contributed by atoms with Crippen molar-refractivity contribution in [2.45, 2.75) is 27.0 Å². The van der Waals surface area contributed by atoms with E-state index in [4.69, 9.17) is 4.74 Å². The Morgan fingerprint density at radius 3 is 2.22 bits per heavy atom. The molecule has 0 radical (unpaired) electrons. The van der Waals surface area contributed by atoms with Crippen molar-refractivity contribution in [2.24, 2.45) is 5.92 Å². The highest BCUT2D eigenvalue weighted by Crippen LogP contribution is 2.20. The molecule has 1 fully saturated rings. The highest BCUT2D eigenvalue weighted by atomic mass is 16.5. The third-order valence-corrected chi connectivity index (χ3v) is 4.17. The normalized spacial score (nSPS) is 14.4. The van der Waals surface area contributed by atoms with E-state index in [2.05, 4.69) is 0 Å². The fourth-order valence-corrected chi connectivity index (χ4v) is 2.87. The van der Waals surface area contributed by atoms with Gasteiger partial charge in [0, 0.05) is 6.54 Å². The quantitative estimate of drug-likeness (QED) is 0.557. The van der Waals surface area contributed by atoms with Crippen molar-refractivity contribution in [2.75, 3.05) is 6.54 Å². The summed E-state index contributed by atoms with van der Waals surface area (Å²) in [7, 11) is 0. The summed E-state index contributed by atoms with van der Waals surface area (Å²) >= 11 is 0. The lowest BCUT2D eigenvalue weighted by Crippen LogP contribution is -2.35. The van der Waals surface area contributed by atoms with Crippen molar-refractivity contribution in [1.29, 1.82) is 0 Å². The molecule has 6 nitrogen and oxygen atoms in total. The molecule has 0 N–H and O–H groups in total. The Morgan fingerprint density at radius 1 is 0.852 bits per heavy atom. The molecule has 0 aliphatic carbocycles. The number of hydrogen-bond donors (Lipinski definition) is 0. The number of rotatable bonds is 7. The number of urea groups is 1. The van der Waals surface area contributed by atoms with Crippen molar-refractivity contribution in [3.05, 3.63) is 65.7 Å². The first-order chi connectivity index (χ1) is 13.0. The number of nitrogens with zero attached hydrogens (tertiary/aromatic N) is 2. The molecule has 4 amide bonds. The summed E-state index contributed by atoms with van der Waals surface area (Å²) in [5.74, 6) is -0.803. The zero-order chi connectivity index (χ0) is 19.4. The summed E-state index contributed by atoms with van der Waals surface area (Å²) in [5, 5.41) is 0. The van der Waals surface area contributed by atoms with Crippen LogP contribution in [0.15, 0.2) is 54.6 Å². The molecular weight excluding hydrogens is 344 g/mol. The van der Waals surface area contributed by atoms with E-state index in [1.54, 1.807) is 18.2 Å². The fourth-order valence-electron chi connectivity index (χ4n) is 2.87. The van der Waals surface area contributed by atoms with Gasteiger partial charge in [0.15, 0.2) is 0 Å². The molecule has 2 aromatic rings. The van der Waals surface area contributed by atoms with Crippen molar-refractivity contribution in [3.63, 3.8) is 0 Å². The van der Waals surface area contributed by atoms with Crippen LogP contribution in [0.1, 0.15) is 25.0 Å². The number of ether oxygens (including phenoxy) is 1. The third-order valence-electron chi connectivity index (χ3n) is 4.17. The number of carbonyl (C=O) groups excluding carboxylic acids is 3. The molecule has 1 aliphatic rings.